The Balaban J connectivity index is 2.32. The predicted octanol–water partition coefficient (Wildman–Crippen LogP) is 2.06. The molecule has 0 fully saturated rings. The Morgan fingerprint density at radius 1 is 1.22 bits per heavy atom. The lowest BCUT2D eigenvalue weighted by Crippen LogP contribution is -2.32. The molecule has 0 amide bonds. The van der Waals surface area contributed by atoms with E-state index in [4.69, 9.17) is 10.5 Å². The molecule has 0 atom stereocenters. The van der Waals surface area contributed by atoms with E-state index in [0.29, 0.717) is 5.69 Å². The van der Waals surface area contributed by atoms with Crippen LogP contribution in [0.25, 0.3) is 11.3 Å². The van der Waals surface area contributed by atoms with Crippen molar-refractivity contribution in [3.05, 3.63) is 29.5 Å². The third-order valence-electron chi connectivity index (χ3n) is 3.03. The summed E-state index contributed by atoms with van der Waals surface area (Å²) in [5.74, 6) is 0.991. The molecule has 0 unspecified atom stereocenters. The molecule has 0 aliphatic carbocycles. The Kier molecular flexibility index (Phi) is 2.08. The molecule has 1 aromatic carbocycles. The van der Waals surface area contributed by atoms with Crippen LogP contribution in [0.5, 0.6) is 5.75 Å². The van der Waals surface area contributed by atoms with Crippen molar-refractivity contribution in [3.63, 3.8) is 0 Å². The molecule has 0 saturated heterocycles. The van der Waals surface area contributed by atoms with Crippen molar-refractivity contribution in [2.75, 3.05) is 5.73 Å². The van der Waals surface area contributed by atoms with Crippen LogP contribution in [0.1, 0.15) is 25.1 Å². The van der Waals surface area contributed by atoms with Crippen LogP contribution in [0.15, 0.2) is 18.2 Å². The number of hydrogen-bond acceptors (Lipinski definition) is 5. The Hall–Kier alpha value is -2.17. The first kappa shape index (κ1) is 11.0. The zero-order valence-corrected chi connectivity index (χ0v) is 10.6. The van der Waals surface area contributed by atoms with Crippen molar-refractivity contribution in [2.24, 2.45) is 0 Å². The van der Waals surface area contributed by atoms with Crippen LogP contribution in [0, 0.1) is 6.92 Å². The molecule has 1 aromatic heterocycles. The normalized spacial score (nSPS) is 15.5. The van der Waals surface area contributed by atoms with Crippen molar-refractivity contribution >= 4 is 5.95 Å². The second-order valence-electron chi connectivity index (χ2n) is 4.98. The molecule has 2 heterocycles. The van der Waals surface area contributed by atoms with Crippen molar-refractivity contribution in [1.82, 2.24) is 15.2 Å². The standard InChI is InChI=1S/C13H14N4O/c1-7-4-5-8-9(6-7)18-13(2,3)11-10(8)15-12(14)17-16-11/h4-6H,1-3H3,(H2,14,15,17). The van der Waals surface area contributed by atoms with Gasteiger partial charge in [0.15, 0.2) is 0 Å². The molecule has 1 aliphatic heterocycles. The van der Waals surface area contributed by atoms with Gasteiger partial charge in [0.05, 0.1) is 0 Å². The lowest BCUT2D eigenvalue weighted by molar-refractivity contribution is 0.0987. The molecule has 0 bridgehead atoms. The van der Waals surface area contributed by atoms with Crippen molar-refractivity contribution in [3.8, 4) is 17.0 Å². The maximum atomic E-state index is 5.98. The number of nitrogen functional groups attached to an aromatic ring is 1. The van der Waals surface area contributed by atoms with Gasteiger partial charge in [-0.2, -0.15) is 0 Å². The van der Waals surface area contributed by atoms with E-state index in [2.05, 4.69) is 15.2 Å². The van der Waals surface area contributed by atoms with Gasteiger partial charge in [0.1, 0.15) is 22.7 Å². The Bertz CT molecular complexity index is 637. The van der Waals surface area contributed by atoms with E-state index in [-0.39, 0.29) is 5.95 Å². The number of aryl methyl sites for hydroxylation is 1. The van der Waals surface area contributed by atoms with Crippen molar-refractivity contribution in [1.29, 1.82) is 0 Å². The first-order valence-electron chi connectivity index (χ1n) is 5.78. The first-order chi connectivity index (χ1) is 8.47. The minimum atomic E-state index is -0.552. The molecule has 2 aromatic rings. The van der Waals surface area contributed by atoms with Gasteiger partial charge in [0, 0.05) is 5.56 Å². The van der Waals surface area contributed by atoms with E-state index in [1.165, 1.54) is 0 Å². The van der Waals surface area contributed by atoms with E-state index in [1.54, 1.807) is 0 Å². The number of nitrogens with two attached hydrogens (primary N) is 1. The summed E-state index contributed by atoms with van der Waals surface area (Å²) < 4.78 is 5.98. The van der Waals surface area contributed by atoms with Crippen LogP contribution in [-0.2, 0) is 5.60 Å². The smallest absolute Gasteiger partial charge is 0.240 e. The van der Waals surface area contributed by atoms with Gasteiger partial charge in [0.2, 0.25) is 5.95 Å². The fourth-order valence-corrected chi connectivity index (χ4v) is 2.16. The molecule has 0 saturated carbocycles. The van der Waals surface area contributed by atoms with Crippen LogP contribution < -0.4 is 10.5 Å². The second-order valence-corrected chi connectivity index (χ2v) is 4.98. The average molecular weight is 242 g/mol. The minimum absolute atomic E-state index is 0.179. The molecule has 1 aliphatic rings. The maximum Gasteiger partial charge on any atom is 0.240 e. The average Bonchev–Trinajstić information content (AvgIpc) is 2.27. The van der Waals surface area contributed by atoms with Gasteiger partial charge in [-0.05, 0) is 38.5 Å². The SMILES string of the molecule is Cc1ccc2c(c1)OC(C)(C)c1nnc(N)nc1-2. The van der Waals surface area contributed by atoms with Gasteiger partial charge < -0.3 is 10.5 Å². The number of fused-ring (bicyclic) bond motifs is 3. The molecule has 0 radical (unpaired) electrons. The van der Waals surface area contributed by atoms with Crippen LogP contribution in [0.2, 0.25) is 0 Å². The third kappa shape index (κ3) is 1.51. The van der Waals surface area contributed by atoms with Gasteiger partial charge in [0.25, 0.3) is 0 Å². The van der Waals surface area contributed by atoms with Crippen molar-refractivity contribution in [2.45, 2.75) is 26.4 Å². The van der Waals surface area contributed by atoms with Crippen molar-refractivity contribution < 1.29 is 4.74 Å². The maximum absolute atomic E-state index is 5.98. The summed E-state index contributed by atoms with van der Waals surface area (Å²) in [6.45, 7) is 5.92. The fourth-order valence-electron chi connectivity index (χ4n) is 2.16. The van der Waals surface area contributed by atoms with Gasteiger partial charge in [-0.25, -0.2) is 4.98 Å². The van der Waals surface area contributed by atoms with Gasteiger partial charge >= 0.3 is 0 Å². The topological polar surface area (TPSA) is 73.9 Å². The highest BCUT2D eigenvalue weighted by atomic mass is 16.5. The first-order valence-corrected chi connectivity index (χ1v) is 5.78. The van der Waals surface area contributed by atoms with E-state index < -0.39 is 5.60 Å². The molecule has 2 N–H and O–H groups in total. The van der Waals surface area contributed by atoms with Crippen LogP contribution in [0.3, 0.4) is 0 Å². The van der Waals surface area contributed by atoms with Gasteiger partial charge in [-0.15, -0.1) is 10.2 Å². The minimum Gasteiger partial charge on any atom is -0.481 e. The van der Waals surface area contributed by atoms with Crippen LogP contribution in [0.4, 0.5) is 5.95 Å². The van der Waals surface area contributed by atoms with Gasteiger partial charge in [-0.1, -0.05) is 6.07 Å². The molecule has 5 heteroatoms. The summed E-state index contributed by atoms with van der Waals surface area (Å²) in [6.07, 6.45) is 0. The summed E-state index contributed by atoms with van der Waals surface area (Å²) in [5.41, 5.74) is 8.61. The quantitative estimate of drug-likeness (QED) is 0.765. The third-order valence-corrected chi connectivity index (χ3v) is 3.03. The number of aromatic nitrogens is 3. The van der Waals surface area contributed by atoms with E-state index in [0.717, 1.165) is 22.6 Å². The second kappa shape index (κ2) is 3.41. The van der Waals surface area contributed by atoms with Gasteiger partial charge in [-0.3, -0.25) is 0 Å². The molecule has 0 spiro atoms. The molecule has 92 valence electrons. The van der Waals surface area contributed by atoms with Crippen LogP contribution >= 0.6 is 0 Å². The molecular weight excluding hydrogens is 228 g/mol. The lowest BCUT2D eigenvalue weighted by atomic mass is 9.94. The Morgan fingerprint density at radius 3 is 2.78 bits per heavy atom. The Labute approximate surface area is 105 Å². The number of hydrogen-bond donors (Lipinski definition) is 1. The lowest BCUT2D eigenvalue weighted by Gasteiger charge is -2.32. The van der Waals surface area contributed by atoms with Crippen LogP contribution in [-0.4, -0.2) is 15.2 Å². The Morgan fingerprint density at radius 2 is 2.00 bits per heavy atom. The van der Waals surface area contributed by atoms with E-state index in [9.17, 15) is 0 Å². The fraction of sp³-hybridized carbons (Fsp3) is 0.308. The van der Waals surface area contributed by atoms with E-state index >= 15 is 0 Å². The highest BCUT2D eigenvalue weighted by molar-refractivity contribution is 5.72. The summed E-state index contributed by atoms with van der Waals surface area (Å²) in [7, 11) is 0. The number of ether oxygens (including phenoxy) is 1. The van der Waals surface area contributed by atoms with E-state index in [1.807, 2.05) is 39.0 Å². The molecule has 5 nitrogen and oxygen atoms in total. The number of benzene rings is 1. The summed E-state index contributed by atoms with van der Waals surface area (Å²) in [6, 6.07) is 5.99. The zero-order valence-electron chi connectivity index (χ0n) is 10.6. The highest BCUT2D eigenvalue weighted by Crippen LogP contribution is 2.43. The number of nitrogens with zero attached hydrogens (tertiary/aromatic N) is 3. The zero-order chi connectivity index (χ0) is 12.9. The molecular formula is C13H14N4O. The highest BCUT2D eigenvalue weighted by Gasteiger charge is 2.35. The predicted molar refractivity (Wildman–Crippen MR) is 68.1 cm³/mol. The number of anilines is 1. The summed E-state index contributed by atoms with van der Waals surface area (Å²) in [5, 5.41) is 7.95. The summed E-state index contributed by atoms with van der Waals surface area (Å²) in [4.78, 5) is 4.30. The number of rotatable bonds is 0. The monoisotopic (exact) mass is 242 g/mol. The largest absolute Gasteiger partial charge is 0.481 e. The molecule has 3 rings (SSSR count). The summed E-state index contributed by atoms with van der Waals surface area (Å²) >= 11 is 0. The molecule has 18 heavy (non-hydrogen) atoms.